The predicted octanol–water partition coefficient (Wildman–Crippen LogP) is 2.03. The Morgan fingerprint density at radius 2 is 2.35 bits per heavy atom. The Balaban J connectivity index is 2.33. The Hall–Kier alpha value is -0.790. The third-order valence-electron chi connectivity index (χ3n) is 3.24. The lowest BCUT2D eigenvalue weighted by atomic mass is 10.4. The fraction of sp³-hybridized carbons (Fsp3) is 0.615. The fourth-order valence-electron chi connectivity index (χ4n) is 2.19. The third-order valence-corrected chi connectivity index (χ3v) is 6.47. The van der Waals surface area contributed by atoms with E-state index in [1.165, 1.54) is 6.20 Å². The molecule has 1 aliphatic heterocycles. The zero-order valence-electron chi connectivity index (χ0n) is 11.9. The molecule has 0 radical (unpaired) electrons. The van der Waals surface area contributed by atoms with E-state index in [1.54, 1.807) is 28.3 Å². The molecule has 0 aliphatic carbocycles. The average molecular weight is 315 g/mol. The molecule has 1 unspecified atom stereocenters. The van der Waals surface area contributed by atoms with Crippen LogP contribution in [-0.4, -0.2) is 48.3 Å². The number of rotatable bonds is 5. The average Bonchev–Trinajstić information content (AvgIpc) is 2.45. The second-order valence-corrected chi connectivity index (χ2v) is 7.85. The standard InChI is InChI=1S/C13H21N3O2S2/c1-3-5-15-12-4-6-14-9-13(12)20(17,18)16-7-8-19-10-11(16)2/h4,6,9,11H,3,5,7-8,10H2,1-2H3,(H,14,15). The van der Waals surface area contributed by atoms with E-state index < -0.39 is 10.0 Å². The van der Waals surface area contributed by atoms with Gasteiger partial charge in [-0.25, -0.2) is 8.42 Å². The molecule has 7 heteroatoms. The maximum Gasteiger partial charge on any atom is 0.246 e. The number of hydrogen-bond acceptors (Lipinski definition) is 5. The second-order valence-electron chi connectivity index (χ2n) is 4.84. The van der Waals surface area contributed by atoms with Gasteiger partial charge >= 0.3 is 0 Å². The summed E-state index contributed by atoms with van der Waals surface area (Å²) < 4.78 is 27.2. The molecule has 2 rings (SSSR count). The van der Waals surface area contributed by atoms with Crippen LogP contribution in [0.4, 0.5) is 5.69 Å². The highest BCUT2D eigenvalue weighted by atomic mass is 32.2. The lowest BCUT2D eigenvalue weighted by Crippen LogP contribution is -2.44. The Bertz CT molecular complexity index is 548. The molecule has 112 valence electrons. The topological polar surface area (TPSA) is 62.3 Å². The van der Waals surface area contributed by atoms with Gasteiger partial charge in [0.25, 0.3) is 0 Å². The summed E-state index contributed by atoms with van der Waals surface area (Å²) in [5.74, 6) is 1.69. The summed E-state index contributed by atoms with van der Waals surface area (Å²) in [6.45, 7) is 5.32. The van der Waals surface area contributed by atoms with Crippen LogP contribution in [0.1, 0.15) is 20.3 Å². The smallest absolute Gasteiger partial charge is 0.246 e. The Morgan fingerprint density at radius 1 is 1.55 bits per heavy atom. The summed E-state index contributed by atoms with van der Waals surface area (Å²) in [4.78, 5) is 4.27. The minimum Gasteiger partial charge on any atom is -0.384 e. The number of aromatic nitrogens is 1. The van der Waals surface area contributed by atoms with Crippen LogP contribution in [0.5, 0.6) is 0 Å². The maximum absolute atomic E-state index is 12.8. The van der Waals surface area contributed by atoms with Gasteiger partial charge in [-0.1, -0.05) is 6.92 Å². The summed E-state index contributed by atoms with van der Waals surface area (Å²) in [6, 6.07) is 1.75. The lowest BCUT2D eigenvalue weighted by molar-refractivity contribution is 0.367. The molecule has 0 saturated carbocycles. The molecular weight excluding hydrogens is 294 g/mol. The van der Waals surface area contributed by atoms with E-state index in [1.807, 2.05) is 13.8 Å². The summed E-state index contributed by atoms with van der Waals surface area (Å²) in [6.07, 6.45) is 4.01. The van der Waals surface area contributed by atoms with Crippen molar-refractivity contribution in [2.75, 3.05) is 29.9 Å². The molecule has 1 N–H and O–H groups in total. The molecule has 1 atom stereocenters. The first-order valence-electron chi connectivity index (χ1n) is 6.85. The number of thioether (sulfide) groups is 1. The molecule has 0 amide bonds. The number of hydrogen-bond donors (Lipinski definition) is 1. The van der Waals surface area contributed by atoms with Crippen molar-refractivity contribution in [1.82, 2.24) is 9.29 Å². The predicted molar refractivity (Wildman–Crippen MR) is 83.7 cm³/mol. The van der Waals surface area contributed by atoms with Gasteiger partial charge in [-0.3, -0.25) is 4.98 Å². The van der Waals surface area contributed by atoms with Crippen LogP contribution in [0.15, 0.2) is 23.4 Å². The summed E-state index contributed by atoms with van der Waals surface area (Å²) >= 11 is 1.80. The van der Waals surface area contributed by atoms with E-state index in [0.29, 0.717) is 12.2 Å². The summed E-state index contributed by atoms with van der Waals surface area (Å²) in [7, 11) is -3.48. The van der Waals surface area contributed by atoms with Gasteiger partial charge in [-0.2, -0.15) is 16.1 Å². The number of anilines is 1. The van der Waals surface area contributed by atoms with Gasteiger partial charge in [0.05, 0.1) is 5.69 Å². The quantitative estimate of drug-likeness (QED) is 0.901. The highest BCUT2D eigenvalue weighted by Crippen LogP contribution is 2.28. The fourth-order valence-corrected chi connectivity index (χ4v) is 5.15. The van der Waals surface area contributed by atoms with Gasteiger partial charge in [-0.05, 0) is 19.4 Å². The zero-order valence-corrected chi connectivity index (χ0v) is 13.5. The molecule has 1 aromatic heterocycles. The van der Waals surface area contributed by atoms with Crippen LogP contribution < -0.4 is 5.32 Å². The van der Waals surface area contributed by atoms with Crippen molar-refractivity contribution >= 4 is 27.5 Å². The monoisotopic (exact) mass is 315 g/mol. The Kier molecular flexibility index (Phi) is 5.29. The van der Waals surface area contributed by atoms with Gasteiger partial charge in [0.15, 0.2) is 0 Å². The second kappa shape index (κ2) is 6.78. The first-order valence-corrected chi connectivity index (χ1v) is 9.44. The van der Waals surface area contributed by atoms with Crippen LogP contribution in [0.25, 0.3) is 0 Å². The van der Waals surface area contributed by atoms with Crippen molar-refractivity contribution in [2.24, 2.45) is 0 Å². The minimum absolute atomic E-state index is 0.0259. The molecule has 0 spiro atoms. The van der Waals surface area contributed by atoms with Crippen molar-refractivity contribution in [3.63, 3.8) is 0 Å². The molecule has 1 saturated heterocycles. The van der Waals surface area contributed by atoms with Gasteiger partial charge in [0.2, 0.25) is 10.0 Å². The highest BCUT2D eigenvalue weighted by Gasteiger charge is 2.32. The SMILES string of the molecule is CCCNc1ccncc1S(=O)(=O)N1CCSCC1C. The number of pyridine rings is 1. The normalized spacial score (nSPS) is 20.8. The van der Waals surface area contributed by atoms with Gasteiger partial charge in [-0.15, -0.1) is 0 Å². The Labute approximate surface area is 125 Å². The van der Waals surface area contributed by atoms with E-state index in [-0.39, 0.29) is 10.9 Å². The number of sulfonamides is 1. The molecule has 0 aromatic carbocycles. The van der Waals surface area contributed by atoms with Crippen molar-refractivity contribution in [2.45, 2.75) is 31.2 Å². The van der Waals surface area contributed by atoms with Crippen molar-refractivity contribution < 1.29 is 8.42 Å². The van der Waals surface area contributed by atoms with Crippen LogP contribution in [0.3, 0.4) is 0 Å². The third kappa shape index (κ3) is 3.27. The molecule has 1 aromatic rings. The first-order chi connectivity index (χ1) is 9.57. The summed E-state index contributed by atoms with van der Waals surface area (Å²) in [5.41, 5.74) is 0.646. The minimum atomic E-state index is -3.48. The van der Waals surface area contributed by atoms with E-state index >= 15 is 0 Å². The highest BCUT2D eigenvalue weighted by molar-refractivity contribution is 7.99. The largest absolute Gasteiger partial charge is 0.384 e. The van der Waals surface area contributed by atoms with Crippen molar-refractivity contribution in [3.8, 4) is 0 Å². The zero-order chi connectivity index (χ0) is 14.6. The van der Waals surface area contributed by atoms with E-state index in [0.717, 1.165) is 24.5 Å². The molecule has 1 aliphatic rings. The van der Waals surface area contributed by atoms with Gasteiger partial charge in [0.1, 0.15) is 4.90 Å². The van der Waals surface area contributed by atoms with Crippen LogP contribution in [0.2, 0.25) is 0 Å². The molecule has 20 heavy (non-hydrogen) atoms. The van der Waals surface area contributed by atoms with E-state index in [4.69, 9.17) is 0 Å². The van der Waals surface area contributed by atoms with Crippen LogP contribution in [-0.2, 0) is 10.0 Å². The number of nitrogens with one attached hydrogen (secondary N) is 1. The first kappa shape index (κ1) is 15.6. The van der Waals surface area contributed by atoms with Gasteiger partial charge < -0.3 is 5.32 Å². The van der Waals surface area contributed by atoms with E-state index in [9.17, 15) is 8.42 Å². The Morgan fingerprint density at radius 3 is 3.05 bits per heavy atom. The van der Waals surface area contributed by atoms with Gasteiger partial charge in [0, 0.05) is 43.0 Å². The number of nitrogens with zero attached hydrogens (tertiary/aromatic N) is 2. The summed E-state index contributed by atoms with van der Waals surface area (Å²) in [5, 5.41) is 3.17. The van der Waals surface area contributed by atoms with E-state index in [2.05, 4.69) is 10.3 Å². The van der Waals surface area contributed by atoms with Crippen molar-refractivity contribution in [1.29, 1.82) is 0 Å². The molecule has 2 heterocycles. The molecule has 5 nitrogen and oxygen atoms in total. The maximum atomic E-state index is 12.8. The molecular formula is C13H21N3O2S2. The molecule has 1 fully saturated rings. The van der Waals surface area contributed by atoms with Crippen molar-refractivity contribution in [3.05, 3.63) is 18.5 Å². The molecule has 0 bridgehead atoms. The lowest BCUT2D eigenvalue weighted by Gasteiger charge is -2.32. The van der Waals surface area contributed by atoms with Crippen LogP contribution >= 0.6 is 11.8 Å². The van der Waals surface area contributed by atoms with Crippen LogP contribution in [0, 0.1) is 0 Å².